The molecule has 4 aromatic rings. The van der Waals surface area contributed by atoms with Gasteiger partial charge in [-0.2, -0.15) is 13.0 Å². The maximum absolute atomic E-state index is 11.4. The van der Waals surface area contributed by atoms with Crippen molar-refractivity contribution in [1.82, 2.24) is 4.58 Å². The molecule has 0 radical (unpaired) electrons. The topological polar surface area (TPSA) is 121 Å². The fourth-order valence-electron chi connectivity index (χ4n) is 8.94. The van der Waals surface area contributed by atoms with Crippen LogP contribution < -0.4 is 14.4 Å². The number of benzene rings is 4. The summed E-state index contributed by atoms with van der Waals surface area (Å²) < 4.78 is 48.8. The van der Waals surface area contributed by atoms with Gasteiger partial charge in [0.1, 0.15) is 0 Å². The van der Waals surface area contributed by atoms with Crippen LogP contribution in [0.2, 0.25) is 0 Å². The van der Waals surface area contributed by atoms with Crippen molar-refractivity contribution >= 4 is 51.2 Å². The Balaban J connectivity index is 1.36. The van der Waals surface area contributed by atoms with Gasteiger partial charge in [0.15, 0.2) is 12.3 Å². The van der Waals surface area contributed by atoms with Crippen LogP contribution in [0.15, 0.2) is 156 Å². The van der Waals surface area contributed by atoms with E-state index in [2.05, 4.69) is 167 Å². The van der Waals surface area contributed by atoms with Crippen LogP contribution in [0.25, 0.3) is 0 Å². The van der Waals surface area contributed by atoms with Gasteiger partial charge in [-0.25, -0.2) is 9.44 Å². The van der Waals surface area contributed by atoms with E-state index >= 15 is 0 Å². The SMILES string of the molecule is CC1(C)C(=CC=C2CCC/C(=C\C=C3\N(CCCOS(=O)(=O)O)c4ccccc4C3(C)C)C2=[N+](c2ccccc2)c2ccccc2)N(CCCOSOOO)c2ccccc21. The standard InChI is InChI=1S/C48H53N3O8S2/c1-47(2)40-24-11-13-26-42(40)49(32-16-34-56-60-59-58-52)44(47)30-28-36-18-15-19-37(46(36)51(38-20-7-5-8-21-38)39-22-9-6-10-23-39)29-31-45-48(3,4)41-25-12-14-27-43(41)50(45)33-17-35-57-61(53,54)55/h5-14,20-31H,15-19,32-35H2,1-4H3,(H-,52,53,54,55)/p+1. The van der Waals surface area contributed by atoms with Crippen molar-refractivity contribution < 1.29 is 36.0 Å². The van der Waals surface area contributed by atoms with Crippen molar-refractivity contribution in [2.24, 2.45) is 0 Å². The van der Waals surface area contributed by atoms with Gasteiger partial charge in [-0.1, -0.05) is 118 Å². The van der Waals surface area contributed by atoms with Crippen LogP contribution in [0.1, 0.15) is 70.9 Å². The summed E-state index contributed by atoms with van der Waals surface area (Å²) in [6, 6.07) is 37.9. The quantitative estimate of drug-likeness (QED) is 0.0280. The lowest BCUT2D eigenvalue weighted by atomic mass is 9.82. The van der Waals surface area contributed by atoms with E-state index in [4.69, 9.17) is 13.6 Å². The van der Waals surface area contributed by atoms with Crippen LogP contribution >= 0.6 is 12.3 Å². The van der Waals surface area contributed by atoms with Crippen molar-refractivity contribution in [3.63, 3.8) is 0 Å². The molecule has 0 aromatic heterocycles. The van der Waals surface area contributed by atoms with Crippen molar-refractivity contribution in [3.05, 3.63) is 167 Å². The number of para-hydroxylation sites is 4. The van der Waals surface area contributed by atoms with Crippen LogP contribution in [0.5, 0.6) is 0 Å². The summed E-state index contributed by atoms with van der Waals surface area (Å²) in [6.45, 7) is 10.5. The third kappa shape index (κ3) is 9.95. The molecule has 3 aliphatic rings. The third-order valence-corrected chi connectivity index (χ3v) is 12.6. The first kappa shape index (κ1) is 44.2. The maximum Gasteiger partial charge on any atom is 0.397 e. The highest BCUT2D eigenvalue weighted by atomic mass is 32.3. The molecule has 320 valence electrons. The Morgan fingerprint density at radius 2 is 1.13 bits per heavy atom. The third-order valence-electron chi connectivity index (χ3n) is 11.7. The molecule has 7 rings (SSSR count). The van der Waals surface area contributed by atoms with Gasteiger partial charge < -0.3 is 9.80 Å². The Morgan fingerprint density at radius 1 is 0.672 bits per heavy atom. The molecule has 1 saturated carbocycles. The zero-order chi connectivity index (χ0) is 43.0. The molecule has 2 heterocycles. The molecule has 0 unspecified atom stereocenters. The minimum Gasteiger partial charge on any atom is -0.344 e. The first-order valence-electron chi connectivity index (χ1n) is 20.6. The number of hydrogen-bond donors (Lipinski definition) is 2. The number of rotatable bonds is 16. The van der Waals surface area contributed by atoms with Gasteiger partial charge in [0.2, 0.25) is 17.1 Å². The first-order valence-corrected chi connectivity index (χ1v) is 22.7. The van der Waals surface area contributed by atoms with E-state index in [0.29, 0.717) is 44.9 Å². The predicted molar refractivity (Wildman–Crippen MR) is 244 cm³/mol. The normalized spacial score (nSPS) is 19.6. The Morgan fingerprint density at radius 3 is 1.61 bits per heavy atom. The molecule has 2 aliphatic heterocycles. The van der Waals surface area contributed by atoms with E-state index in [1.54, 1.807) is 0 Å². The van der Waals surface area contributed by atoms with Crippen molar-refractivity contribution in [1.29, 1.82) is 0 Å². The fraction of sp³-hybridized carbons (Fsp3) is 0.312. The summed E-state index contributed by atoms with van der Waals surface area (Å²) in [6.07, 6.45) is 13.0. The van der Waals surface area contributed by atoms with Crippen molar-refractivity contribution in [3.8, 4) is 0 Å². The van der Waals surface area contributed by atoms with E-state index in [1.807, 2.05) is 18.2 Å². The maximum atomic E-state index is 11.4. The molecule has 0 amide bonds. The summed E-state index contributed by atoms with van der Waals surface area (Å²) in [4.78, 5) is 4.64. The highest BCUT2D eigenvalue weighted by Gasteiger charge is 2.41. The van der Waals surface area contributed by atoms with E-state index in [-0.39, 0.29) is 17.4 Å². The predicted octanol–water partition coefficient (Wildman–Crippen LogP) is 11.0. The molecular weight excluding hydrogens is 811 g/mol. The molecule has 0 bridgehead atoms. The minimum absolute atomic E-state index is 0.127. The van der Waals surface area contributed by atoms with Gasteiger partial charge in [0, 0.05) is 82.1 Å². The molecule has 61 heavy (non-hydrogen) atoms. The molecule has 4 aromatic carbocycles. The van der Waals surface area contributed by atoms with Gasteiger partial charge in [-0.15, -0.1) is 4.33 Å². The summed E-state index contributed by atoms with van der Waals surface area (Å²) in [5.41, 5.74) is 12.0. The van der Waals surface area contributed by atoms with Gasteiger partial charge >= 0.3 is 10.4 Å². The minimum atomic E-state index is -4.53. The smallest absolute Gasteiger partial charge is 0.344 e. The largest absolute Gasteiger partial charge is 0.397 e. The van der Waals surface area contributed by atoms with Crippen LogP contribution in [-0.4, -0.2) is 50.2 Å². The molecular formula is C48H54N3O8S2+. The van der Waals surface area contributed by atoms with Crippen molar-refractivity contribution in [2.45, 2.75) is 70.6 Å². The molecule has 0 saturated heterocycles. The highest BCUT2D eigenvalue weighted by Crippen LogP contribution is 2.49. The zero-order valence-corrected chi connectivity index (χ0v) is 36.7. The van der Waals surface area contributed by atoms with E-state index in [0.717, 1.165) is 47.7 Å². The highest BCUT2D eigenvalue weighted by molar-refractivity contribution is 7.89. The number of allylic oxidation sites excluding steroid dienone is 8. The Labute approximate surface area is 364 Å². The molecule has 0 atom stereocenters. The summed E-state index contributed by atoms with van der Waals surface area (Å²) in [5, 5.41) is 12.1. The molecule has 2 N–H and O–H groups in total. The second-order valence-corrected chi connectivity index (χ2v) is 17.9. The second-order valence-electron chi connectivity index (χ2n) is 16.3. The second kappa shape index (κ2) is 19.5. The Hall–Kier alpha value is -4.83. The average Bonchev–Trinajstić information content (AvgIpc) is 3.61. The molecule has 1 aliphatic carbocycles. The van der Waals surface area contributed by atoms with E-state index in [9.17, 15) is 13.0 Å². The van der Waals surface area contributed by atoms with Gasteiger partial charge in [0.25, 0.3) is 0 Å². The van der Waals surface area contributed by atoms with Gasteiger partial charge in [0.05, 0.1) is 13.2 Å². The summed E-state index contributed by atoms with van der Waals surface area (Å²) >= 11 is 0.596. The Bertz CT molecular complexity index is 2400. The number of fused-ring (bicyclic) bond motifs is 2. The average molecular weight is 865 g/mol. The van der Waals surface area contributed by atoms with E-state index < -0.39 is 10.4 Å². The number of nitrogens with zero attached hydrogens (tertiary/aromatic N) is 3. The van der Waals surface area contributed by atoms with Crippen LogP contribution in [0.3, 0.4) is 0 Å². The lowest BCUT2D eigenvalue weighted by molar-refractivity contribution is -0.434. The number of anilines is 2. The van der Waals surface area contributed by atoms with E-state index in [1.165, 1.54) is 33.7 Å². The molecule has 0 spiro atoms. The number of hydrogen-bond acceptors (Lipinski definition) is 10. The molecule has 11 nitrogen and oxygen atoms in total. The Kier molecular flexibility index (Phi) is 14.1. The van der Waals surface area contributed by atoms with Gasteiger partial charge in [-0.3, -0.25) is 8.74 Å². The van der Waals surface area contributed by atoms with Crippen LogP contribution in [0, 0.1) is 0 Å². The summed E-state index contributed by atoms with van der Waals surface area (Å²) in [5.74, 6) is 0. The zero-order valence-electron chi connectivity index (χ0n) is 35.1. The van der Waals surface area contributed by atoms with Gasteiger partial charge in [-0.05, 0) is 67.5 Å². The summed E-state index contributed by atoms with van der Waals surface area (Å²) in [7, 11) is -4.53. The lowest BCUT2D eigenvalue weighted by Gasteiger charge is -2.28. The molecule has 13 heteroatoms. The first-order chi connectivity index (χ1) is 29.4. The van der Waals surface area contributed by atoms with Crippen molar-refractivity contribution in [2.75, 3.05) is 36.1 Å². The monoisotopic (exact) mass is 864 g/mol. The lowest BCUT2D eigenvalue weighted by Crippen LogP contribution is -2.28. The van der Waals surface area contributed by atoms with Crippen LogP contribution in [0.4, 0.5) is 22.7 Å². The van der Waals surface area contributed by atoms with Crippen LogP contribution in [-0.2, 0) is 39.0 Å². The molecule has 1 fully saturated rings. The fourth-order valence-corrected chi connectivity index (χ4v) is 9.52.